The van der Waals surface area contributed by atoms with Crippen molar-refractivity contribution < 1.29 is 14.7 Å². The molecule has 2 N–H and O–H groups in total. The lowest BCUT2D eigenvalue weighted by Gasteiger charge is -2.34. The highest BCUT2D eigenvalue weighted by Gasteiger charge is 2.46. The third-order valence-electron chi connectivity index (χ3n) is 4.57. The van der Waals surface area contributed by atoms with Crippen molar-refractivity contribution in [3.05, 3.63) is 44.7 Å². The fraction of sp³-hybridized carbons (Fsp3) is 0.529. The molecule has 2 unspecified atom stereocenters. The highest BCUT2D eigenvalue weighted by Crippen LogP contribution is 2.46. The molecule has 2 aliphatic rings. The molecule has 5 heteroatoms. The molecular formula is C17H22INO3. The lowest BCUT2D eigenvalue weighted by Crippen LogP contribution is -2.34. The monoisotopic (exact) mass is 415 g/mol. The fourth-order valence-electron chi connectivity index (χ4n) is 3.62. The third kappa shape index (κ3) is 3.04. The Bertz CT molecular complexity index is 558. The molecule has 0 radical (unpaired) electrons. The lowest BCUT2D eigenvalue weighted by molar-refractivity contribution is 0.000901. The maximum atomic E-state index is 10.4. The van der Waals surface area contributed by atoms with Gasteiger partial charge in [-0.05, 0) is 58.7 Å². The molecule has 0 aliphatic carbocycles. The van der Waals surface area contributed by atoms with Gasteiger partial charge in [-0.25, -0.2) is 0 Å². The Morgan fingerprint density at radius 1 is 1.36 bits per heavy atom. The van der Waals surface area contributed by atoms with Crippen LogP contribution in [0.4, 0.5) is 0 Å². The van der Waals surface area contributed by atoms with Gasteiger partial charge in [0, 0.05) is 21.6 Å². The number of ether oxygens (including phenoxy) is 1. The summed E-state index contributed by atoms with van der Waals surface area (Å²) in [6.45, 7) is 2.09. The number of hydroxylamine groups is 1. The second kappa shape index (κ2) is 6.86. The van der Waals surface area contributed by atoms with Crippen molar-refractivity contribution in [2.45, 2.75) is 50.4 Å². The summed E-state index contributed by atoms with van der Waals surface area (Å²) in [6.07, 6.45) is 1.96. The fourth-order valence-corrected chi connectivity index (χ4v) is 3.98. The van der Waals surface area contributed by atoms with E-state index in [-0.39, 0.29) is 18.1 Å². The highest BCUT2D eigenvalue weighted by atomic mass is 127. The summed E-state index contributed by atoms with van der Waals surface area (Å²) in [7, 11) is 1.62. The van der Waals surface area contributed by atoms with E-state index in [1.165, 1.54) is 9.13 Å². The van der Waals surface area contributed by atoms with Gasteiger partial charge in [-0.1, -0.05) is 19.1 Å². The van der Waals surface area contributed by atoms with Gasteiger partial charge < -0.3 is 9.84 Å². The molecule has 0 amide bonds. The van der Waals surface area contributed by atoms with E-state index >= 15 is 0 Å². The molecule has 22 heavy (non-hydrogen) atoms. The molecule has 120 valence electrons. The maximum Gasteiger partial charge on any atom is 0.107 e. The average molecular weight is 415 g/mol. The van der Waals surface area contributed by atoms with E-state index in [9.17, 15) is 5.11 Å². The summed E-state index contributed by atoms with van der Waals surface area (Å²) in [5.74, 6) is 0.274. The standard InChI is InChI=1S/C17H22INO3/c1-3-14(19-21-2)16-13(10-4-6-11(18)7-5-10)8-12-9-15(20)17(16)22-12/h4-7,12-13,15,17,19-20H,3,8-9H2,1-2H3/t12?,13-,15?,17+/m0/s1. The maximum absolute atomic E-state index is 10.4. The molecule has 3 rings (SSSR count). The zero-order chi connectivity index (χ0) is 15.7. The first kappa shape index (κ1) is 16.2. The SMILES string of the molecule is CCC(NOC)=C1[C@H](c2ccc(I)cc2)CC2CC(O)[C@H]1O2. The number of fused-ring (bicyclic) bond motifs is 2. The molecule has 4 atom stereocenters. The van der Waals surface area contributed by atoms with Crippen molar-refractivity contribution in [3.63, 3.8) is 0 Å². The molecule has 4 nitrogen and oxygen atoms in total. The number of allylic oxidation sites excluding steroid dienone is 1. The summed E-state index contributed by atoms with van der Waals surface area (Å²) >= 11 is 2.32. The van der Waals surface area contributed by atoms with Crippen LogP contribution in [-0.4, -0.2) is 30.5 Å². The van der Waals surface area contributed by atoms with E-state index in [0.717, 1.165) is 30.5 Å². The molecule has 2 bridgehead atoms. The Labute approximate surface area is 145 Å². The number of benzene rings is 1. The minimum atomic E-state index is -0.422. The first-order valence-corrected chi connectivity index (χ1v) is 8.82. The van der Waals surface area contributed by atoms with E-state index in [4.69, 9.17) is 9.57 Å². The van der Waals surface area contributed by atoms with Crippen LogP contribution in [0.15, 0.2) is 35.5 Å². The normalized spacial score (nSPS) is 32.9. The van der Waals surface area contributed by atoms with Crippen molar-refractivity contribution in [1.82, 2.24) is 5.48 Å². The van der Waals surface area contributed by atoms with Crippen LogP contribution >= 0.6 is 22.6 Å². The van der Waals surface area contributed by atoms with Crippen LogP contribution in [0.3, 0.4) is 0 Å². The van der Waals surface area contributed by atoms with Crippen molar-refractivity contribution in [2.24, 2.45) is 0 Å². The second-order valence-corrected chi connectivity index (χ2v) is 7.16. The predicted molar refractivity (Wildman–Crippen MR) is 93.3 cm³/mol. The van der Waals surface area contributed by atoms with Gasteiger partial charge in [-0.3, -0.25) is 10.3 Å². The number of aliphatic hydroxyl groups excluding tert-OH is 1. The smallest absolute Gasteiger partial charge is 0.107 e. The van der Waals surface area contributed by atoms with Crippen LogP contribution in [0.2, 0.25) is 0 Å². The molecule has 0 saturated carbocycles. The molecule has 1 aromatic carbocycles. The predicted octanol–water partition coefficient (Wildman–Crippen LogP) is 3.11. The molecular weight excluding hydrogens is 393 g/mol. The lowest BCUT2D eigenvalue weighted by atomic mass is 9.82. The topological polar surface area (TPSA) is 50.7 Å². The summed E-state index contributed by atoms with van der Waals surface area (Å²) in [5.41, 5.74) is 6.46. The first-order chi connectivity index (χ1) is 10.6. The van der Waals surface area contributed by atoms with Crippen LogP contribution in [0.1, 0.15) is 37.7 Å². The molecule has 1 aromatic rings. The molecule has 2 heterocycles. The molecule has 0 spiro atoms. The second-order valence-electron chi connectivity index (χ2n) is 5.92. The number of hydrogen-bond acceptors (Lipinski definition) is 4. The van der Waals surface area contributed by atoms with Crippen LogP contribution in [0, 0.1) is 3.57 Å². The summed E-state index contributed by atoms with van der Waals surface area (Å²) in [5, 5.41) is 10.4. The van der Waals surface area contributed by atoms with Gasteiger partial charge in [0.2, 0.25) is 0 Å². The van der Waals surface area contributed by atoms with Crippen LogP contribution in [-0.2, 0) is 9.57 Å². The quantitative estimate of drug-likeness (QED) is 0.586. The zero-order valence-electron chi connectivity index (χ0n) is 12.9. The first-order valence-electron chi connectivity index (χ1n) is 7.75. The number of nitrogens with one attached hydrogen (secondary N) is 1. The Morgan fingerprint density at radius 3 is 2.73 bits per heavy atom. The van der Waals surface area contributed by atoms with Crippen LogP contribution in [0.25, 0.3) is 0 Å². The number of aliphatic hydroxyl groups is 1. The van der Waals surface area contributed by atoms with Crippen molar-refractivity contribution in [1.29, 1.82) is 0 Å². The molecule has 2 aliphatic heterocycles. The Morgan fingerprint density at radius 2 is 2.09 bits per heavy atom. The van der Waals surface area contributed by atoms with Gasteiger partial charge >= 0.3 is 0 Å². The Balaban J connectivity index is 2.04. The zero-order valence-corrected chi connectivity index (χ0v) is 15.0. The summed E-state index contributed by atoms with van der Waals surface area (Å²) in [6, 6.07) is 8.64. The van der Waals surface area contributed by atoms with E-state index in [2.05, 4.69) is 59.3 Å². The summed E-state index contributed by atoms with van der Waals surface area (Å²) < 4.78 is 7.25. The largest absolute Gasteiger partial charge is 0.390 e. The van der Waals surface area contributed by atoms with Crippen LogP contribution < -0.4 is 5.48 Å². The van der Waals surface area contributed by atoms with Gasteiger partial charge in [-0.15, -0.1) is 0 Å². The average Bonchev–Trinajstić information content (AvgIpc) is 2.81. The van der Waals surface area contributed by atoms with Gasteiger partial charge in [0.25, 0.3) is 0 Å². The molecule has 2 fully saturated rings. The highest BCUT2D eigenvalue weighted by molar-refractivity contribution is 14.1. The van der Waals surface area contributed by atoms with E-state index in [1.807, 2.05) is 0 Å². The van der Waals surface area contributed by atoms with Crippen molar-refractivity contribution in [3.8, 4) is 0 Å². The Kier molecular flexibility index (Phi) is 5.07. The van der Waals surface area contributed by atoms with Gasteiger partial charge in [0.1, 0.15) is 6.10 Å². The number of rotatable bonds is 4. The molecule has 2 saturated heterocycles. The van der Waals surface area contributed by atoms with Gasteiger partial charge in [0.15, 0.2) is 0 Å². The number of halogens is 1. The van der Waals surface area contributed by atoms with E-state index < -0.39 is 6.10 Å². The third-order valence-corrected chi connectivity index (χ3v) is 5.29. The molecule has 0 aromatic heterocycles. The van der Waals surface area contributed by atoms with Crippen molar-refractivity contribution in [2.75, 3.05) is 7.11 Å². The number of hydrogen-bond donors (Lipinski definition) is 2. The minimum Gasteiger partial charge on any atom is -0.390 e. The van der Waals surface area contributed by atoms with Gasteiger partial charge in [0.05, 0.1) is 19.3 Å². The Hall–Kier alpha value is -0.630. The van der Waals surface area contributed by atoms with E-state index in [1.54, 1.807) is 7.11 Å². The van der Waals surface area contributed by atoms with Crippen molar-refractivity contribution >= 4 is 22.6 Å². The van der Waals surface area contributed by atoms with E-state index in [0.29, 0.717) is 0 Å². The summed E-state index contributed by atoms with van der Waals surface area (Å²) in [4.78, 5) is 5.15. The van der Waals surface area contributed by atoms with Gasteiger partial charge in [-0.2, -0.15) is 0 Å². The van der Waals surface area contributed by atoms with Crippen LogP contribution in [0.5, 0.6) is 0 Å². The minimum absolute atomic E-state index is 0.147.